The van der Waals surface area contributed by atoms with Gasteiger partial charge in [0.15, 0.2) is 0 Å². The lowest BCUT2D eigenvalue weighted by atomic mass is 9.87. The van der Waals surface area contributed by atoms with Crippen molar-refractivity contribution < 1.29 is 9.59 Å². The summed E-state index contributed by atoms with van der Waals surface area (Å²) >= 11 is 0. The molecule has 2 aliphatic rings. The van der Waals surface area contributed by atoms with Gasteiger partial charge in [-0.25, -0.2) is 0 Å². The van der Waals surface area contributed by atoms with Gasteiger partial charge in [-0.2, -0.15) is 0 Å². The molecule has 1 saturated carbocycles. The average Bonchev–Trinajstić information content (AvgIpc) is 2.46. The van der Waals surface area contributed by atoms with Crippen LogP contribution in [0.1, 0.15) is 36.2 Å². The summed E-state index contributed by atoms with van der Waals surface area (Å²) in [6, 6.07) is 5.52. The van der Waals surface area contributed by atoms with Crippen LogP contribution in [-0.2, 0) is 4.79 Å². The number of carbonyl (C=O) groups is 2. The highest BCUT2D eigenvalue weighted by molar-refractivity contribution is 5.96. The zero-order chi connectivity index (χ0) is 13.2. The molecule has 2 atom stereocenters. The van der Waals surface area contributed by atoms with E-state index < -0.39 is 0 Å². The van der Waals surface area contributed by atoms with Crippen LogP contribution in [0.5, 0.6) is 0 Å². The van der Waals surface area contributed by atoms with E-state index in [0.29, 0.717) is 5.69 Å². The summed E-state index contributed by atoms with van der Waals surface area (Å²) < 4.78 is 0. The van der Waals surface area contributed by atoms with Gasteiger partial charge in [0, 0.05) is 12.2 Å². The zero-order valence-electron chi connectivity index (χ0n) is 10.7. The maximum absolute atomic E-state index is 12.5. The fourth-order valence-electron chi connectivity index (χ4n) is 3.04. The first-order valence-corrected chi connectivity index (χ1v) is 6.77. The van der Waals surface area contributed by atoms with Gasteiger partial charge in [-0.3, -0.25) is 14.6 Å². The summed E-state index contributed by atoms with van der Waals surface area (Å²) in [5.74, 6) is -0.195. The van der Waals surface area contributed by atoms with Crippen LogP contribution >= 0.6 is 0 Å². The van der Waals surface area contributed by atoms with Crippen LogP contribution in [0.15, 0.2) is 24.4 Å². The van der Waals surface area contributed by atoms with Crippen LogP contribution in [0.25, 0.3) is 0 Å². The van der Waals surface area contributed by atoms with Crippen molar-refractivity contribution in [3.63, 3.8) is 0 Å². The number of pyridine rings is 1. The third-order valence-corrected chi connectivity index (χ3v) is 3.94. The molecule has 5 heteroatoms. The van der Waals surface area contributed by atoms with E-state index in [9.17, 15) is 9.59 Å². The fourth-order valence-corrected chi connectivity index (χ4v) is 3.04. The van der Waals surface area contributed by atoms with Gasteiger partial charge < -0.3 is 10.2 Å². The highest BCUT2D eigenvalue weighted by atomic mass is 16.2. The summed E-state index contributed by atoms with van der Waals surface area (Å²) in [5.41, 5.74) is 0.418. The van der Waals surface area contributed by atoms with Crippen LogP contribution in [-0.4, -0.2) is 40.3 Å². The third kappa shape index (κ3) is 2.32. The Morgan fingerprint density at radius 2 is 2.16 bits per heavy atom. The number of rotatable bonds is 1. The second-order valence-corrected chi connectivity index (χ2v) is 5.17. The molecule has 2 fully saturated rings. The van der Waals surface area contributed by atoms with E-state index in [1.54, 1.807) is 29.3 Å². The molecule has 19 heavy (non-hydrogen) atoms. The summed E-state index contributed by atoms with van der Waals surface area (Å²) in [6.45, 7) is 0.149. The smallest absolute Gasteiger partial charge is 0.273 e. The van der Waals surface area contributed by atoms with Gasteiger partial charge in [0.05, 0.1) is 6.04 Å². The van der Waals surface area contributed by atoms with E-state index in [0.717, 1.165) is 25.7 Å². The lowest BCUT2D eigenvalue weighted by Crippen LogP contribution is -2.63. The van der Waals surface area contributed by atoms with Crippen LogP contribution in [0, 0.1) is 0 Å². The van der Waals surface area contributed by atoms with Crippen molar-refractivity contribution in [3.05, 3.63) is 30.1 Å². The lowest BCUT2D eigenvalue weighted by molar-refractivity contribution is -0.127. The highest BCUT2D eigenvalue weighted by Crippen LogP contribution is 2.26. The molecule has 5 nitrogen and oxygen atoms in total. The van der Waals surface area contributed by atoms with E-state index in [4.69, 9.17) is 0 Å². The quantitative estimate of drug-likeness (QED) is 0.817. The van der Waals surface area contributed by atoms with Gasteiger partial charge in [0.25, 0.3) is 5.91 Å². The minimum Gasteiger partial charge on any atom is -0.350 e. The Morgan fingerprint density at radius 1 is 1.32 bits per heavy atom. The normalized spacial score (nSPS) is 26.5. The standard InChI is InChI=1S/C14H17N3O2/c18-13-9-17(12-7-2-1-5-10(12)16-13)14(19)11-6-3-4-8-15-11/h3-4,6,8,10,12H,1-2,5,7,9H2,(H,16,18)/t10-,12+/m1/s1. The molecule has 100 valence electrons. The van der Waals surface area contributed by atoms with Crippen molar-refractivity contribution in [2.75, 3.05) is 6.54 Å². The van der Waals surface area contributed by atoms with Crippen molar-refractivity contribution in [2.24, 2.45) is 0 Å². The molecule has 0 spiro atoms. The minimum atomic E-state index is -0.132. The second-order valence-electron chi connectivity index (χ2n) is 5.17. The largest absolute Gasteiger partial charge is 0.350 e. The second kappa shape index (κ2) is 4.99. The molecule has 1 aliphatic carbocycles. The molecule has 0 aromatic carbocycles. The van der Waals surface area contributed by atoms with Crippen LogP contribution in [0.4, 0.5) is 0 Å². The number of hydrogen-bond donors (Lipinski definition) is 1. The average molecular weight is 259 g/mol. The predicted octanol–water partition coefficient (Wildman–Crippen LogP) is 0.965. The lowest BCUT2D eigenvalue weighted by Gasteiger charge is -2.43. The van der Waals surface area contributed by atoms with E-state index in [1.165, 1.54) is 0 Å². The molecule has 1 aromatic heterocycles. The molecule has 3 rings (SSSR count). The topological polar surface area (TPSA) is 62.3 Å². The van der Waals surface area contributed by atoms with Gasteiger partial charge in [-0.05, 0) is 25.0 Å². The summed E-state index contributed by atoms with van der Waals surface area (Å²) in [4.78, 5) is 30.0. The van der Waals surface area contributed by atoms with Crippen molar-refractivity contribution in [2.45, 2.75) is 37.8 Å². The van der Waals surface area contributed by atoms with E-state index in [-0.39, 0.29) is 30.4 Å². The number of carbonyl (C=O) groups excluding carboxylic acids is 2. The molecule has 1 N–H and O–H groups in total. The summed E-state index contributed by atoms with van der Waals surface area (Å²) in [6.07, 6.45) is 5.76. The van der Waals surface area contributed by atoms with E-state index in [1.807, 2.05) is 0 Å². The molecule has 2 heterocycles. The van der Waals surface area contributed by atoms with Crippen molar-refractivity contribution in [3.8, 4) is 0 Å². The number of aromatic nitrogens is 1. The van der Waals surface area contributed by atoms with Gasteiger partial charge in [0.1, 0.15) is 12.2 Å². The molecular weight excluding hydrogens is 242 g/mol. The van der Waals surface area contributed by atoms with Gasteiger partial charge in [-0.15, -0.1) is 0 Å². The molecule has 0 radical (unpaired) electrons. The van der Waals surface area contributed by atoms with Crippen LogP contribution < -0.4 is 5.32 Å². The summed E-state index contributed by atoms with van der Waals surface area (Å²) in [7, 11) is 0. The number of hydrogen-bond acceptors (Lipinski definition) is 3. The highest BCUT2D eigenvalue weighted by Gasteiger charge is 2.39. The van der Waals surface area contributed by atoms with Gasteiger partial charge in [-0.1, -0.05) is 18.9 Å². The molecule has 1 saturated heterocycles. The Labute approximate surface area is 112 Å². The van der Waals surface area contributed by atoms with Crippen molar-refractivity contribution in [1.29, 1.82) is 0 Å². The Balaban J connectivity index is 1.85. The first kappa shape index (κ1) is 12.1. The van der Waals surface area contributed by atoms with E-state index in [2.05, 4.69) is 10.3 Å². The van der Waals surface area contributed by atoms with Crippen LogP contribution in [0.2, 0.25) is 0 Å². The SMILES string of the molecule is O=C1CN(C(=O)c2ccccn2)[C@H]2CCCC[C@H]2N1. The number of piperazine rings is 1. The van der Waals surface area contributed by atoms with Crippen LogP contribution in [0.3, 0.4) is 0 Å². The van der Waals surface area contributed by atoms with Gasteiger partial charge >= 0.3 is 0 Å². The zero-order valence-corrected chi connectivity index (χ0v) is 10.7. The number of fused-ring (bicyclic) bond motifs is 1. The van der Waals surface area contributed by atoms with Crippen molar-refractivity contribution in [1.82, 2.24) is 15.2 Å². The molecule has 1 aromatic rings. The maximum atomic E-state index is 12.5. The first-order chi connectivity index (χ1) is 9.25. The Bertz CT molecular complexity index is 489. The monoisotopic (exact) mass is 259 g/mol. The Kier molecular flexibility index (Phi) is 3.19. The number of amides is 2. The minimum absolute atomic E-state index is 0.0626. The number of nitrogens with one attached hydrogen (secondary N) is 1. The third-order valence-electron chi connectivity index (χ3n) is 3.94. The fraction of sp³-hybridized carbons (Fsp3) is 0.500. The molecule has 0 unspecified atom stereocenters. The Hall–Kier alpha value is -1.91. The van der Waals surface area contributed by atoms with Gasteiger partial charge in [0.2, 0.25) is 5.91 Å². The maximum Gasteiger partial charge on any atom is 0.273 e. The van der Waals surface area contributed by atoms with Crippen molar-refractivity contribution >= 4 is 11.8 Å². The predicted molar refractivity (Wildman–Crippen MR) is 69.5 cm³/mol. The summed E-state index contributed by atoms with van der Waals surface area (Å²) in [5, 5.41) is 3.00. The molecular formula is C14H17N3O2. The molecule has 2 amide bonds. The first-order valence-electron chi connectivity index (χ1n) is 6.77. The molecule has 0 bridgehead atoms. The Morgan fingerprint density at radius 3 is 2.95 bits per heavy atom. The molecule has 1 aliphatic heterocycles. The van der Waals surface area contributed by atoms with E-state index >= 15 is 0 Å². The number of nitrogens with zero attached hydrogens (tertiary/aromatic N) is 2.